The van der Waals surface area contributed by atoms with E-state index in [1.807, 2.05) is 77.5 Å². The molecule has 2 aromatic heterocycles. The van der Waals surface area contributed by atoms with Crippen LogP contribution in [0.3, 0.4) is 0 Å². The Morgan fingerprint density at radius 2 is 1.18 bits per heavy atom. The van der Waals surface area contributed by atoms with Crippen LogP contribution < -0.4 is 0 Å². The zero-order valence-electron chi connectivity index (χ0n) is 18.3. The molecule has 162 valence electrons. The molecule has 0 fully saturated rings. The van der Waals surface area contributed by atoms with E-state index in [0.717, 1.165) is 50.4 Å². The van der Waals surface area contributed by atoms with Gasteiger partial charge >= 0.3 is 0 Å². The molecule has 0 amide bonds. The maximum Gasteiger partial charge on any atom is 0.162 e. The highest BCUT2D eigenvalue weighted by atomic mass is 35.5. The van der Waals surface area contributed by atoms with Crippen molar-refractivity contribution in [2.75, 3.05) is 0 Å². The Morgan fingerprint density at radius 3 is 1.91 bits per heavy atom. The number of pyridine rings is 1. The van der Waals surface area contributed by atoms with Gasteiger partial charge in [-0.2, -0.15) is 5.10 Å². The Balaban J connectivity index is 1.63. The summed E-state index contributed by atoms with van der Waals surface area (Å²) in [6.45, 7) is 0. The van der Waals surface area contributed by atoms with E-state index < -0.39 is 0 Å². The summed E-state index contributed by atoms with van der Waals surface area (Å²) in [6, 6.07) is 40.9. The number of aromatic nitrogens is 3. The topological polar surface area (TPSA) is 30.7 Å². The predicted molar refractivity (Wildman–Crippen MR) is 140 cm³/mol. The summed E-state index contributed by atoms with van der Waals surface area (Å²) in [7, 11) is 0. The molecule has 0 saturated carbocycles. The van der Waals surface area contributed by atoms with Crippen molar-refractivity contribution >= 4 is 22.4 Å². The van der Waals surface area contributed by atoms with E-state index in [1.165, 1.54) is 0 Å². The third-order valence-electron chi connectivity index (χ3n) is 5.91. The van der Waals surface area contributed by atoms with Gasteiger partial charge in [0.25, 0.3) is 0 Å². The first-order valence-corrected chi connectivity index (χ1v) is 11.5. The lowest BCUT2D eigenvalue weighted by molar-refractivity contribution is 0.868. The van der Waals surface area contributed by atoms with Gasteiger partial charge < -0.3 is 0 Å². The molecule has 6 rings (SSSR count). The zero-order valence-corrected chi connectivity index (χ0v) is 19.0. The van der Waals surface area contributed by atoms with Gasteiger partial charge in [-0.1, -0.05) is 109 Å². The van der Waals surface area contributed by atoms with Gasteiger partial charge in [-0.3, -0.25) is 0 Å². The zero-order chi connectivity index (χ0) is 22.9. The molecule has 4 heteroatoms. The van der Waals surface area contributed by atoms with E-state index in [-0.39, 0.29) is 0 Å². The van der Waals surface area contributed by atoms with Gasteiger partial charge in [-0.15, -0.1) is 0 Å². The van der Waals surface area contributed by atoms with Crippen molar-refractivity contribution in [1.82, 2.24) is 14.8 Å². The lowest BCUT2D eigenvalue weighted by Crippen LogP contribution is -2.04. The Kier molecular flexibility index (Phi) is 5.17. The van der Waals surface area contributed by atoms with Crippen molar-refractivity contribution in [1.29, 1.82) is 0 Å². The van der Waals surface area contributed by atoms with Crippen LogP contribution in [0.4, 0.5) is 0 Å². The molecule has 0 radical (unpaired) electrons. The summed E-state index contributed by atoms with van der Waals surface area (Å²) in [4.78, 5) is 5.12. The van der Waals surface area contributed by atoms with Crippen molar-refractivity contribution in [2.45, 2.75) is 0 Å². The second kappa shape index (κ2) is 8.62. The quantitative estimate of drug-likeness (QED) is 0.268. The average molecular weight is 458 g/mol. The van der Waals surface area contributed by atoms with Crippen LogP contribution in [0.2, 0.25) is 5.02 Å². The van der Waals surface area contributed by atoms with Gasteiger partial charge in [-0.25, -0.2) is 9.67 Å². The minimum atomic E-state index is 0.704. The lowest BCUT2D eigenvalue weighted by Gasteiger charge is -2.13. The minimum absolute atomic E-state index is 0.704. The second-order valence-corrected chi connectivity index (χ2v) is 8.55. The Morgan fingerprint density at radius 1 is 0.559 bits per heavy atom. The maximum absolute atomic E-state index is 6.14. The summed E-state index contributed by atoms with van der Waals surface area (Å²) >= 11 is 6.14. The molecule has 2 heterocycles. The Labute approximate surface area is 202 Å². The molecular weight excluding hydrogens is 438 g/mol. The molecule has 0 aliphatic heterocycles. The van der Waals surface area contributed by atoms with E-state index >= 15 is 0 Å². The van der Waals surface area contributed by atoms with Crippen molar-refractivity contribution in [2.24, 2.45) is 0 Å². The molecule has 0 unspecified atom stereocenters. The van der Waals surface area contributed by atoms with Crippen LogP contribution in [0, 0.1) is 0 Å². The summed E-state index contributed by atoms with van der Waals surface area (Å²) in [6.07, 6.45) is 0. The molecule has 0 N–H and O–H groups in total. The molecule has 0 bridgehead atoms. The molecule has 0 saturated heterocycles. The van der Waals surface area contributed by atoms with E-state index in [0.29, 0.717) is 5.02 Å². The van der Waals surface area contributed by atoms with Crippen LogP contribution >= 0.6 is 11.6 Å². The lowest BCUT2D eigenvalue weighted by atomic mass is 10.1. The fourth-order valence-electron chi connectivity index (χ4n) is 4.22. The van der Waals surface area contributed by atoms with Crippen molar-refractivity contribution in [3.05, 3.63) is 126 Å². The van der Waals surface area contributed by atoms with E-state index in [4.69, 9.17) is 21.7 Å². The maximum atomic E-state index is 6.14. The van der Waals surface area contributed by atoms with Crippen LogP contribution in [0.15, 0.2) is 121 Å². The van der Waals surface area contributed by atoms with Gasteiger partial charge in [0.1, 0.15) is 0 Å². The third-order valence-corrected chi connectivity index (χ3v) is 6.16. The number of benzene rings is 4. The predicted octanol–water partition coefficient (Wildman–Crippen LogP) is 8.07. The summed E-state index contributed by atoms with van der Waals surface area (Å²) in [5, 5.41) is 7.91. The summed E-state index contributed by atoms with van der Waals surface area (Å²) in [5.74, 6) is 0.795. The largest absolute Gasteiger partial charge is 0.228 e. The van der Waals surface area contributed by atoms with Gasteiger partial charge in [0, 0.05) is 27.1 Å². The molecule has 4 aromatic carbocycles. The SMILES string of the molecule is Clc1ccc(-c2cc3ccccc3c(-n3nc(-c4ccccc4)cc3-c3ccccc3)n2)cc1. The standard InChI is InChI=1S/C30H20ClN3/c31-25-17-15-22(16-18-25)27-19-24-13-7-8-14-26(24)30(32-27)34-29(23-11-5-2-6-12-23)20-28(33-34)21-9-3-1-4-10-21/h1-20H. The van der Waals surface area contributed by atoms with Gasteiger partial charge in [0.2, 0.25) is 0 Å². The minimum Gasteiger partial charge on any atom is -0.228 e. The van der Waals surface area contributed by atoms with Gasteiger partial charge in [0.05, 0.1) is 17.1 Å². The first kappa shape index (κ1) is 20.4. The second-order valence-electron chi connectivity index (χ2n) is 8.12. The first-order valence-electron chi connectivity index (χ1n) is 11.1. The third kappa shape index (κ3) is 3.76. The number of nitrogens with zero attached hydrogens (tertiary/aromatic N) is 3. The Hall–Kier alpha value is -4.21. The number of rotatable bonds is 4. The van der Waals surface area contributed by atoms with Crippen molar-refractivity contribution < 1.29 is 0 Å². The first-order chi connectivity index (χ1) is 16.8. The van der Waals surface area contributed by atoms with Crippen LogP contribution in [0.5, 0.6) is 0 Å². The van der Waals surface area contributed by atoms with E-state index in [2.05, 4.69) is 48.5 Å². The molecule has 0 atom stereocenters. The highest BCUT2D eigenvalue weighted by Gasteiger charge is 2.17. The van der Waals surface area contributed by atoms with E-state index in [1.54, 1.807) is 0 Å². The van der Waals surface area contributed by atoms with E-state index in [9.17, 15) is 0 Å². The van der Waals surface area contributed by atoms with Crippen LogP contribution in [-0.4, -0.2) is 14.8 Å². The number of hydrogen-bond acceptors (Lipinski definition) is 2. The fourth-order valence-corrected chi connectivity index (χ4v) is 4.34. The van der Waals surface area contributed by atoms with Crippen LogP contribution in [0.25, 0.3) is 50.4 Å². The van der Waals surface area contributed by atoms with Gasteiger partial charge in [0.15, 0.2) is 5.82 Å². The molecular formula is C30H20ClN3. The number of halogens is 1. The number of hydrogen-bond donors (Lipinski definition) is 0. The molecule has 0 aliphatic rings. The van der Waals surface area contributed by atoms with Crippen LogP contribution in [0.1, 0.15) is 0 Å². The van der Waals surface area contributed by atoms with Gasteiger partial charge in [-0.05, 0) is 29.7 Å². The average Bonchev–Trinajstić information content (AvgIpc) is 3.35. The molecule has 3 nitrogen and oxygen atoms in total. The monoisotopic (exact) mass is 457 g/mol. The molecule has 0 aliphatic carbocycles. The molecule has 6 aromatic rings. The smallest absolute Gasteiger partial charge is 0.162 e. The fraction of sp³-hybridized carbons (Fsp3) is 0. The normalized spacial score (nSPS) is 11.1. The van der Waals surface area contributed by atoms with Crippen LogP contribution in [-0.2, 0) is 0 Å². The molecule has 0 spiro atoms. The summed E-state index contributed by atoms with van der Waals surface area (Å²) < 4.78 is 1.97. The Bertz CT molecular complexity index is 1590. The summed E-state index contributed by atoms with van der Waals surface area (Å²) in [5.41, 5.74) is 5.93. The molecule has 34 heavy (non-hydrogen) atoms. The van der Waals surface area contributed by atoms with Crippen molar-refractivity contribution in [3.63, 3.8) is 0 Å². The van der Waals surface area contributed by atoms with Crippen molar-refractivity contribution in [3.8, 4) is 39.6 Å². The highest BCUT2D eigenvalue weighted by Crippen LogP contribution is 2.33. The highest BCUT2D eigenvalue weighted by molar-refractivity contribution is 6.30. The number of fused-ring (bicyclic) bond motifs is 1.